The fourth-order valence-electron chi connectivity index (χ4n) is 2.82. The normalized spacial score (nSPS) is 14.9. The second-order valence-corrected chi connectivity index (χ2v) is 6.86. The van der Waals surface area contributed by atoms with Crippen molar-refractivity contribution in [1.82, 2.24) is 24.6 Å². The van der Waals surface area contributed by atoms with Crippen LogP contribution in [0.25, 0.3) is 11.9 Å². The van der Waals surface area contributed by atoms with Crippen LogP contribution in [-0.4, -0.2) is 56.7 Å². The van der Waals surface area contributed by atoms with Crippen molar-refractivity contribution in [3.05, 3.63) is 59.3 Å². The molecule has 132 valence electrons. The van der Waals surface area contributed by atoms with E-state index in [9.17, 15) is 4.79 Å². The molecule has 0 atom stereocenters. The molecule has 0 N–H and O–H groups in total. The third kappa shape index (κ3) is 3.65. The van der Waals surface area contributed by atoms with Gasteiger partial charge in [-0.15, -0.1) is 21.5 Å². The molecule has 1 amide bonds. The van der Waals surface area contributed by atoms with Crippen LogP contribution in [0.3, 0.4) is 0 Å². The lowest BCUT2D eigenvalue weighted by Crippen LogP contribution is -2.48. The Morgan fingerprint density at radius 2 is 1.88 bits per heavy atom. The molecule has 0 radical (unpaired) electrons. The van der Waals surface area contributed by atoms with Crippen LogP contribution in [-0.2, 0) is 4.79 Å². The first-order valence-corrected chi connectivity index (χ1v) is 9.25. The van der Waals surface area contributed by atoms with Gasteiger partial charge in [-0.2, -0.15) is 0 Å². The van der Waals surface area contributed by atoms with E-state index in [2.05, 4.69) is 20.1 Å². The molecule has 26 heavy (non-hydrogen) atoms. The second kappa shape index (κ2) is 7.49. The van der Waals surface area contributed by atoms with Gasteiger partial charge in [0.2, 0.25) is 5.91 Å². The molecule has 0 bridgehead atoms. The number of amides is 1. The lowest BCUT2D eigenvalue weighted by Gasteiger charge is -2.34. The maximum Gasteiger partial charge on any atom is 0.246 e. The van der Waals surface area contributed by atoms with Gasteiger partial charge in [-0.3, -0.25) is 9.36 Å². The van der Waals surface area contributed by atoms with Crippen LogP contribution >= 0.6 is 11.3 Å². The fourth-order valence-corrected chi connectivity index (χ4v) is 3.44. The molecule has 3 aromatic rings. The summed E-state index contributed by atoms with van der Waals surface area (Å²) in [5.74, 6) is 1.62. The number of aromatic nitrogens is 4. The van der Waals surface area contributed by atoms with Gasteiger partial charge in [0, 0.05) is 49.5 Å². The highest BCUT2D eigenvalue weighted by molar-refractivity contribution is 7.10. The summed E-state index contributed by atoms with van der Waals surface area (Å²) in [5, 5.41) is 10.6. The van der Waals surface area contributed by atoms with Gasteiger partial charge in [-0.05, 0) is 29.7 Å². The van der Waals surface area contributed by atoms with Crippen molar-refractivity contribution in [2.24, 2.45) is 0 Å². The quantitative estimate of drug-likeness (QED) is 0.662. The van der Waals surface area contributed by atoms with Crippen molar-refractivity contribution in [2.75, 3.05) is 31.1 Å². The van der Waals surface area contributed by atoms with Crippen LogP contribution < -0.4 is 4.90 Å². The van der Waals surface area contributed by atoms with E-state index in [1.54, 1.807) is 29.9 Å². The SMILES string of the molecule is O=C(/C=C/c1cccs1)N1CCN(c2ccc(-n3ccnc3)nn2)CC1. The Hall–Kier alpha value is -3.00. The van der Waals surface area contributed by atoms with Crippen LogP contribution in [0.4, 0.5) is 5.82 Å². The van der Waals surface area contributed by atoms with Crippen molar-refractivity contribution in [1.29, 1.82) is 0 Å². The third-order valence-corrected chi connectivity index (χ3v) is 5.09. The summed E-state index contributed by atoms with van der Waals surface area (Å²) in [6.07, 6.45) is 8.76. The predicted octanol–water partition coefficient (Wildman–Crippen LogP) is 2.09. The summed E-state index contributed by atoms with van der Waals surface area (Å²) in [6.45, 7) is 2.85. The molecule has 1 aliphatic heterocycles. The second-order valence-electron chi connectivity index (χ2n) is 5.88. The molecule has 4 rings (SSSR count). The number of piperazine rings is 1. The number of anilines is 1. The summed E-state index contributed by atoms with van der Waals surface area (Å²) < 4.78 is 1.81. The minimum absolute atomic E-state index is 0.0552. The van der Waals surface area contributed by atoms with Gasteiger partial charge in [0.05, 0.1) is 0 Å². The first-order chi connectivity index (χ1) is 12.8. The molecule has 0 aliphatic carbocycles. The van der Waals surface area contributed by atoms with E-state index in [1.807, 2.05) is 51.4 Å². The zero-order valence-corrected chi connectivity index (χ0v) is 14.9. The van der Waals surface area contributed by atoms with Crippen LogP contribution in [0.15, 0.2) is 54.4 Å². The lowest BCUT2D eigenvalue weighted by atomic mass is 10.3. The first-order valence-electron chi connectivity index (χ1n) is 8.37. The number of hydrogen-bond donors (Lipinski definition) is 0. The van der Waals surface area contributed by atoms with Crippen LogP contribution in [0.2, 0.25) is 0 Å². The van der Waals surface area contributed by atoms with Crippen molar-refractivity contribution in [2.45, 2.75) is 0 Å². The molecule has 3 aromatic heterocycles. The maximum absolute atomic E-state index is 12.3. The van der Waals surface area contributed by atoms with Crippen LogP contribution in [0, 0.1) is 0 Å². The van der Waals surface area contributed by atoms with Gasteiger partial charge in [0.25, 0.3) is 0 Å². The zero-order valence-electron chi connectivity index (χ0n) is 14.1. The van der Waals surface area contributed by atoms with Crippen LogP contribution in [0.1, 0.15) is 4.88 Å². The zero-order chi connectivity index (χ0) is 17.8. The number of rotatable bonds is 4. The summed E-state index contributed by atoms with van der Waals surface area (Å²) in [5.41, 5.74) is 0. The van der Waals surface area contributed by atoms with E-state index in [1.165, 1.54) is 0 Å². The molecule has 0 aromatic carbocycles. The van der Waals surface area contributed by atoms with Gasteiger partial charge in [-0.25, -0.2) is 4.98 Å². The van der Waals surface area contributed by atoms with E-state index in [-0.39, 0.29) is 5.91 Å². The largest absolute Gasteiger partial charge is 0.352 e. The average molecular weight is 366 g/mol. The maximum atomic E-state index is 12.3. The number of imidazole rings is 1. The van der Waals surface area contributed by atoms with Gasteiger partial charge in [0.1, 0.15) is 6.33 Å². The summed E-state index contributed by atoms with van der Waals surface area (Å²) >= 11 is 1.62. The molecule has 0 unspecified atom stereocenters. The molecule has 1 fully saturated rings. The smallest absolute Gasteiger partial charge is 0.246 e. The fraction of sp³-hybridized carbons (Fsp3) is 0.222. The highest BCUT2D eigenvalue weighted by Crippen LogP contribution is 2.15. The number of thiophene rings is 1. The molecule has 0 spiro atoms. The Morgan fingerprint density at radius 3 is 2.54 bits per heavy atom. The number of carbonyl (C=O) groups excluding carboxylic acids is 1. The van der Waals surface area contributed by atoms with E-state index in [0.717, 1.165) is 29.6 Å². The first kappa shape index (κ1) is 16.5. The van der Waals surface area contributed by atoms with E-state index in [0.29, 0.717) is 13.1 Å². The molecular formula is C18H18N6OS. The Kier molecular flexibility index (Phi) is 4.74. The predicted molar refractivity (Wildman–Crippen MR) is 101 cm³/mol. The van der Waals surface area contributed by atoms with Gasteiger partial charge >= 0.3 is 0 Å². The topological polar surface area (TPSA) is 67.2 Å². The van der Waals surface area contributed by atoms with Gasteiger partial charge < -0.3 is 9.80 Å². The number of nitrogens with zero attached hydrogens (tertiary/aromatic N) is 6. The molecular weight excluding hydrogens is 348 g/mol. The van der Waals surface area contributed by atoms with Gasteiger partial charge in [0.15, 0.2) is 11.6 Å². The van der Waals surface area contributed by atoms with Crippen molar-refractivity contribution < 1.29 is 4.79 Å². The van der Waals surface area contributed by atoms with Crippen molar-refractivity contribution >= 4 is 29.1 Å². The summed E-state index contributed by atoms with van der Waals surface area (Å²) in [4.78, 5) is 21.4. The average Bonchev–Trinajstić information content (AvgIpc) is 3.40. The molecule has 7 nitrogen and oxygen atoms in total. The Bertz CT molecular complexity index is 865. The molecule has 8 heteroatoms. The highest BCUT2D eigenvalue weighted by atomic mass is 32.1. The lowest BCUT2D eigenvalue weighted by molar-refractivity contribution is -0.126. The van der Waals surface area contributed by atoms with Gasteiger partial charge in [-0.1, -0.05) is 6.07 Å². The van der Waals surface area contributed by atoms with Crippen molar-refractivity contribution in [3.8, 4) is 5.82 Å². The third-order valence-electron chi connectivity index (χ3n) is 4.25. The van der Waals surface area contributed by atoms with E-state index < -0.39 is 0 Å². The van der Waals surface area contributed by atoms with Crippen molar-refractivity contribution in [3.63, 3.8) is 0 Å². The summed E-state index contributed by atoms with van der Waals surface area (Å²) in [6, 6.07) is 7.85. The Morgan fingerprint density at radius 1 is 1.08 bits per heavy atom. The molecule has 4 heterocycles. The minimum Gasteiger partial charge on any atom is -0.352 e. The monoisotopic (exact) mass is 366 g/mol. The molecule has 1 saturated heterocycles. The standard InChI is InChI=1S/C18H18N6OS/c25-18(6-3-15-2-1-13-26-15)23-11-9-22(10-12-23)16-4-5-17(21-20-16)24-8-7-19-14-24/h1-8,13-14H,9-12H2/b6-3+. The highest BCUT2D eigenvalue weighted by Gasteiger charge is 2.20. The van der Waals surface area contributed by atoms with E-state index >= 15 is 0 Å². The molecule has 1 aliphatic rings. The number of carbonyl (C=O) groups is 1. The summed E-state index contributed by atoms with van der Waals surface area (Å²) in [7, 11) is 0. The number of hydrogen-bond acceptors (Lipinski definition) is 6. The molecule has 0 saturated carbocycles. The minimum atomic E-state index is 0.0552. The Labute approximate surface area is 155 Å². The van der Waals surface area contributed by atoms with Crippen LogP contribution in [0.5, 0.6) is 0 Å². The Balaban J connectivity index is 1.34. The van der Waals surface area contributed by atoms with E-state index in [4.69, 9.17) is 0 Å².